The molecule has 2 rings (SSSR count). The van der Waals surface area contributed by atoms with E-state index in [-0.39, 0.29) is 5.91 Å². The SMILES string of the molecule is CCc1cc(NC(=O)/C=C/c2ccc(Cl)s2)n[nH]1. The van der Waals surface area contributed by atoms with Crippen molar-refractivity contribution in [2.45, 2.75) is 13.3 Å². The number of aryl methyl sites for hydroxylation is 1. The Hall–Kier alpha value is -1.59. The molecular weight excluding hydrogens is 270 g/mol. The summed E-state index contributed by atoms with van der Waals surface area (Å²) < 4.78 is 0.704. The van der Waals surface area contributed by atoms with E-state index in [1.165, 1.54) is 17.4 Å². The molecule has 0 aromatic carbocycles. The zero-order valence-corrected chi connectivity index (χ0v) is 11.3. The Labute approximate surface area is 114 Å². The topological polar surface area (TPSA) is 57.8 Å². The van der Waals surface area contributed by atoms with Crippen LogP contribution >= 0.6 is 22.9 Å². The Kier molecular flexibility index (Phi) is 4.17. The highest BCUT2D eigenvalue weighted by molar-refractivity contribution is 7.17. The Morgan fingerprint density at radius 3 is 3.06 bits per heavy atom. The summed E-state index contributed by atoms with van der Waals surface area (Å²) in [5.41, 5.74) is 0.985. The molecule has 0 bridgehead atoms. The van der Waals surface area contributed by atoms with E-state index in [0.29, 0.717) is 10.2 Å². The maximum absolute atomic E-state index is 11.6. The quantitative estimate of drug-likeness (QED) is 0.845. The lowest BCUT2D eigenvalue weighted by Crippen LogP contribution is -2.07. The molecule has 0 saturated carbocycles. The molecule has 0 atom stereocenters. The molecule has 18 heavy (non-hydrogen) atoms. The number of nitrogens with one attached hydrogen (secondary N) is 2. The molecule has 2 aromatic rings. The number of aromatic amines is 1. The van der Waals surface area contributed by atoms with Gasteiger partial charge in [0, 0.05) is 22.7 Å². The molecule has 0 fully saturated rings. The molecule has 94 valence electrons. The first-order chi connectivity index (χ1) is 8.67. The van der Waals surface area contributed by atoms with Crippen LogP contribution in [0, 0.1) is 0 Å². The second-order valence-electron chi connectivity index (χ2n) is 3.60. The van der Waals surface area contributed by atoms with Crippen molar-refractivity contribution in [1.82, 2.24) is 10.2 Å². The zero-order chi connectivity index (χ0) is 13.0. The number of carbonyl (C=O) groups excluding carboxylic acids is 1. The predicted molar refractivity (Wildman–Crippen MR) is 75.0 cm³/mol. The van der Waals surface area contributed by atoms with Gasteiger partial charge in [0.15, 0.2) is 5.82 Å². The summed E-state index contributed by atoms with van der Waals surface area (Å²) in [4.78, 5) is 12.5. The maximum Gasteiger partial charge on any atom is 0.249 e. The third-order valence-corrected chi connectivity index (χ3v) is 3.45. The molecule has 0 saturated heterocycles. The molecular formula is C12H12ClN3OS. The van der Waals surface area contributed by atoms with Crippen molar-refractivity contribution in [3.05, 3.63) is 39.2 Å². The van der Waals surface area contributed by atoms with E-state index in [4.69, 9.17) is 11.6 Å². The van der Waals surface area contributed by atoms with E-state index < -0.39 is 0 Å². The first-order valence-electron chi connectivity index (χ1n) is 5.46. The first-order valence-corrected chi connectivity index (χ1v) is 6.65. The number of aromatic nitrogens is 2. The van der Waals surface area contributed by atoms with Crippen molar-refractivity contribution < 1.29 is 4.79 Å². The minimum Gasteiger partial charge on any atom is -0.306 e. The smallest absolute Gasteiger partial charge is 0.249 e. The van der Waals surface area contributed by atoms with Crippen molar-refractivity contribution in [3.63, 3.8) is 0 Å². The summed E-state index contributed by atoms with van der Waals surface area (Å²) >= 11 is 7.21. The molecule has 2 N–H and O–H groups in total. The molecule has 0 spiro atoms. The monoisotopic (exact) mass is 281 g/mol. The van der Waals surface area contributed by atoms with Crippen LogP contribution in [0.1, 0.15) is 17.5 Å². The number of nitrogens with zero attached hydrogens (tertiary/aromatic N) is 1. The van der Waals surface area contributed by atoms with Crippen molar-refractivity contribution in [2.24, 2.45) is 0 Å². The molecule has 0 unspecified atom stereocenters. The molecule has 1 amide bonds. The van der Waals surface area contributed by atoms with E-state index in [1.807, 2.05) is 19.1 Å². The fraction of sp³-hybridized carbons (Fsp3) is 0.167. The van der Waals surface area contributed by atoms with Crippen LogP contribution in [0.25, 0.3) is 6.08 Å². The van der Waals surface area contributed by atoms with E-state index in [9.17, 15) is 4.79 Å². The highest BCUT2D eigenvalue weighted by atomic mass is 35.5. The van der Waals surface area contributed by atoms with Gasteiger partial charge >= 0.3 is 0 Å². The van der Waals surface area contributed by atoms with Gasteiger partial charge < -0.3 is 5.32 Å². The molecule has 2 heterocycles. The Balaban J connectivity index is 1.94. The van der Waals surface area contributed by atoms with Gasteiger partial charge in [-0.15, -0.1) is 11.3 Å². The van der Waals surface area contributed by atoms with Gasteiger partial charge in [-0.2, -0.15) is 5.10 Å². The van der Waals surface area contributed by atoms with Gasteiger partial charge in [0.2, 0.25) is 5.91 Å². The van der Waals surface area contributed by atoms with Gasteiger partial charge in [0.05, 0.1) is 4.34 Å². The fourth-order valence-electron chi connectivity index (χ4n) is 1.35. The van der Waals surface area contributed by atoms with Gasteiger partial charge in [0.1, 0.15) is 0 Å². The molecule has 4 nitrogen and oxygen atoms in total. The van der Waals surface area contributed by atoms with Gasteiger partial charge in [-0.1, -0.05) is 18.5 Å². The zero-order valence-electron chi connectivity index (χ0n) is 9.74. The summed E-state index contributed by atoms with van der Waals surface area (Å²) in [6.45, 7) is 2.01. The number of anilines is 1. The van der Waals surface area contributed by atoms with E-state index in [1.54, 1.807) is 12.1 Å². The number of thiophene rings is 1. The fourth-order valence-corrected chi connectivity index (χ4v) is 2.31. The minimum absolute atomic E-state index is 0.214. The Morgan fingerprint density at radius 1 is 1.61 bits per heavy atom. The summed E-state index contributed by atoms with van der Waals surface area (Å²) in [5.74, 6) is 0.319. The lowest BCUT2D eigenvalue weighted by molar-refractivity contribution is -0.111. The predicted octanol–water partition coefficient (Wildman–Crippen LogP) is 3.34. The average molecular weight is 282 g/mol. The van der Waals surface area contributed by atoms with Crippen LogP contribution < -0.4 is 5.32 Å². The highest BCUT2D eigenvalue weighted by Crippen LogP contribution is 2.22. The molecule has 2 aromatic heterocycles. The van der Waals surface area contributed by atoms with Crippen LogP contribution in [0.4, 0.5) is 5.82 Å². The van der Waals surface area contributed by atoms with Gasteiger partial charge in [-0.25, -0.2) is 0 Å². The molecule has 0 aliphatic carbocycles. The summed E-state index contributed by atoms with van der Waals surface area (Å²) in [5, 5.41) is 9.49. The standard InChI is InChI=1S/C12H12ClN3OS/c1-2-8-7-11(16-15-8)14-12(17)6-4-9-3-5-10(13)18-9/h3-7H,2H2,1H3,(H2,14,15,16,17)/b6-4+. The van der Waals surface area contributed by atoms with E-state index in [0.717, 1.165) is 17.0 Å². The van der Waals surface area contributed by atoms with Crippen LogP contribution in [0.2, 0.25) is 4.34 Å². The average Bonchev–Trinajstić information content (AvgIpc) is 2.95. The largest absolute Gasteiger partial charge is 0.306 e. The maximum atomic E-state index is 11.6. The summed E-state index contributed by atoms with van der Waals surface area (Å²) in [6.07, 6.45) is 4.04. The molecule has 6 heteroatoms. The van der Waals surface area contributed by atoms with Crippen LogP contribution in [-0.2, 0) is 11.2 Å². The molecule has 0 aliphatic heterocycles. The lowest BCUT2D eigenvalue weighted by atomic mass is 10.3. The van der Waals surface area contributed by atoms with Gasteiger partial charge in [-0.3, -0.25) is 9.89 Å². The first kappa shape index (κ1) is 12.9. The van der Waals surface area contributed by atoms with Crippen LogP contribution in [0.5, 0.6) is 0 Å². The molecule has 0 aliphatic rings. The van der Waals surface area contributed by atoms with E-state index in [2.05, 4.69) is 15.5 Å². The summed E-state index contributed by atoms with van der Waals surface area (Å²) in [7, 11) is 0. The van der Waals surface area contributed by atoms with Crippen molar-refractivity contribution >= 4 is 40.7 Å². The lowest BCUT2D eigenvalue weighted by Gasteiger charge is -1.94. The third-order valence-electron chi connectivity index (χ3n) is 2.26. The minimum atomic E-state index is -0.214. The third kappa shape index (κ3) is 3.45. The molecule has 0 radical (unpaired) electrons. The Morgan fingerprint density at radius 2 is 2.44 bits per heavy atom. The summed E-state index contributed by atoms with van der Waals surface area (Å²) in [6, 6.07) is 5.47. The normalized spacial score (nSPS) is 11.0. The number of H-pyrrole nitrogens is 1. The highest BCUT2D eigenvalue weighted by Gasteiger charge is 2.02. The number of rotatable bonds is 4. The van der Waals surface area contributed by atoms with Gasteiger partial charge in [0.25, 0.3) is 0 Å². The second kappa shape index (κ2) is 5.84. The van der Waals surface area contributed by atoms with Crippen LogP contribution in [0.15, 0.2) is 24.3 Å². The van der Waals surface area contributed by atoms with Crippen LogP contribution in [-0.4, -0.2) is 16.1 Å². The Bertz CT molecular complexity index is 573. The number of hydrogen-bond acceptors (Lipinski definition) is 3. The van der Waals surface area contributed by atoms with Gasteiger partial charge in [-0.05, 0) is 24.6 Å². The number of halogens is 1. The van der Waals surface area contributed by atoms with Crippen molar-refractivity contribution in [3.8, 4) is 0 Å². The second-order valence-corrected chi connectivity index (χ2v) is 5.34. The van der Waals surface area contributed by atoms with Crippen molar-refractivity contribution in [2.75, 3.05) is 5.32 Å². The van der Waals surface area contributed by atoms with E-state index >= 15 is 0 Å². The number of carbonyl (C=O) groups is 1. The number of hydrogen-bond donors (Lipinski definition) is 2. The van der Waals surface area contributed by atoms with Crippen molar-refractivity contribution in [1.29, 1.82) is 0 Å². The number of amides is 1. The van der Waals surface area contributed by atoms with Crippen LogP contribution in [0.3, 0.4) is 0 Å².